The zero-order valence-corrected chi connectivity index (χ0v) is 12.1. The van der Waals surface area contributed by atoms with E-state index in [0.29, 0.717) is 11.4 Å². The van der Waals surface area contributed by atoms with Crippen LogP contribution in [0, 0.1) is 25.2 Å². The Morgan fingerprint density at radius 3 is 2.65 bits per heavy atom. The summed E-state index contributed by atoms with van der Waals surface area (Å²) >= 11 is 0. The number of nitrogens with one attached hydrogen (secondary N) is 1. The second kappa shape index (κ2) is 5.70. The molecular weight excluding hydrogens is 252 g/mol. The lowest BCUT2D eigenvalue weighted by atomic mass is 10.1. The van der Waals surface area contributed by atoms with Crippen molar-refractivity contribution in [2.24, 2.45) is 0 Å². The Bertz CT molecular complexity index is 626. The van der Waals surface area contributed by atoms with Crippen LogP contribution in [0.15, 0.2) is 18.5 Å². The molecule has 0 aromatic carbocycles. The maximum absolute atomic E-state index is 9.28. The van der Waals surface area contributed by atoms with Crippen LogP contribution in [0.2, 0.25) is 0 Å². The Morgan fingerprint density at radius 2 is 2.05 bits per heavy atom. The molecule has 104 valence electrons. The highest BCUT2D eigenvalue weighted by molar-refractivity contribution is 5.56. The summed E-state index contributed by atoms with van der Waals surface area (Å²) in [5, 5.41) is 24.9. The molecule has 2 rings (SSSR count). The zero-order chi connectivity index (χ0) is 14.7. The predicted octanol–water partition coefficient (Wildman–Crippen LogP) is 2.22. The van der Waals surface area contributed by atoms with Gasteiger partial charge in [0.2, 0.25) is 0 Å². The molecule has 0 aliphatic carbocycles. The Hall–Kier alpha value is -2.42. The van der Waals surface area contributed by atoms with Gasteiger partial charge in [0.15, 0.2) is 5.82 Å². The van der Waals surface area contributed by atoms with Crippen LogP contribution in [-0.4, -0.2) is 26.0 Å². The van der Waals surface area contributed by atoms with Gasteiger partial charge in [0.1, 0.15) is 11.6 Å². The lowest BCUT2D eigenvalue weighted by Gasteiger charge is -2.22. The van der Waals surface area contributed by atoms with Gasteiger partial charge in [0.05, 0.1) is 11.7 Å². The van der Waals surface area contributed by atoms with Gasteiger partial charge in [-0.1, -0.05) is 0 Å². The third-order valence-electron chi connectivity index (χ3n) is 3.60. The first-order valence-corrected chi connectivity index (χ1v) is 6.54. The molecule has 2 heterocycles. The number of hydrogen-bond acceptors (Lipinski definition) is 5. The minimum atomic E-state index is 0.0680. The monoisotopic (exact) mass is 270 g/mol. The minimum Gasteiger partial charge on any atom is -0.363 e. The van der Waals surface area contributed by atoms with E-state index in [-0.39, 0.29) is 12.1 Å². The maximum Gasteiger partial charge on any atom is 0.167 e. The highest BCUT2D eigenvalue weighted by atomic mass is 15.3. The Balaban J connectivity index is 2.22. The summed E-state index contributed by atoms with van der Waals surface area (Å²) in [6.45, 7) is 7.83. The van der Waals surface area contributed by atoms with E-state index in [4.69, 9.17) is 0 Å². The fraction of sp³-hybridized carbons (Fsp3) is 0.429. The molecule has 6 heteroatoms. The molecule has 20 heavy (non-hydrogen) atoms. The topological polar surface area (TPSA) is 79.4 Å². The van der Waals surface area contributed by atoms with Crippen LogP contribution in [0.5, 0.6) is 0 Å². The SMILES string of the molecule is Cc1nnc(N[C@@H](C)[C@H](C)n2cccn2)c(C#N)c1C. The van der Waals surface area contributed by atoms with Crippen LogP contribution in [0.1, 0.15) is 36.7 Å². The Kier molecular flexibility index (Phi) is 3.99. The summed E-state index contributed by atoms with van der Waals surface area (Å²) in [6.07, 6.45) is 3.67. The van der Waals surface area contributed by atoms with Crippen LogP contribution in [0.25, 0.3) is 0 Å². The molecule has 0 aliphatic rings. The van der Waals surface area contributed by atoms with Gasteiger partial charge in [-0.25, -0.2) is 0 Å². The van der Waals surface area contributed by atoms with Crippen molar-refractivity contribution in [2.45, 2.75) is 39.8 Å². The summed E-state index contributed by atoms with van der Waals surface area (Å²) in [4.78, 5) is 0. The average molecular weight is 270 g/mol. The van der Waals surface area contributed by atoms with E-state index in [1.165, 1.54) is 0 Å². The summed E-state index contributed by atoms with van der Waals surface area (Å²) in [5.41, 5.74) is 2.20. The van der Waals surface area contributed by atoms with Gasteiger partial charge in [-0.2, -0.15) is 15.5 Å². The molecular formula is C14H18N6. The molecule has 0 bridgehead atoms. The molecule has 2 atom stereocenters. The second-order valence-electron chi connectivity index (χ2n) is 4.91. The molecule has 2 aromatic heterocycles. The lowest BCUT2D eigenvalue weighted by molar-refractivity contribution is 0.442. The molecule has 0 saturated heterocycles. The first kappa shape index (κ1) is 14.0. The third kappa shape index (κ3) is 2.62. The van der Waals surface area contributed by atoms with Crippen molar-refractivity contribution in [1.29, 1.82) is 5.26 Å². The van der Waals surface area contributed by atoms with Gasteiger partial charge in [0, 0.05) is 18.4 Å². The normalized spacial score (nSPS) is 13.6. The molecule has 0 radical (unpaired) electrons. The van der Waals surface area contributed by atoms with Gasteiger partial charge in [-0.3, -0.25) is 4.68 Å². The Labute approximate surface area is 118 Å². The van der Waals surface area contributed by atoms with Crippen molar-refractivity contribution in [3.8, 4) is 6.07 Å². The van der Waals surface area contributed by atoms with Crippen LogP contribution in [-0.2, 0) is 0 Å². The standard InChI is InChI=1S/C14H18N6/c1-9-10(2)18-19-14(13(9)8-15)17-11(3)12(4)20-7-5-6-16-20/h5-7,11-12H,1-4H3,(H,17,19)/t11-,12-/m0/s1. The quantitative estimate of drug-likeness (QED) is 0.921. The number of anilines is 1. The fourth-order valence-electron chi connectivity index (χ4n) is 1.93. The van der Waals surface area contributed by atoms with Gasteiger partial charge in [-0.05, 0) is 39.3 Å². The second-order valence-corrected chi connectivity index (χ2v) is 4.91. The van der Waals surface area contributed by atoms with E-state index >= 15 is 0 Å². The number of nitriles is 1. The summed E-state index contributed by atoms with van der Waals surface area (Å²) < 4.78 is 1.87. The molecule has 6 nitrogen and oxygen atoms in total. The molecule has 0 saturated carbocycles. The lowest BCUT2D eigenvalue weighted by Crippen LogP contribution is -2.28. The predicted molar refractivity (Wildman–Crippen MR) is 76.2 cm³/mol. The van der Waals surface area contributed by atoms with Gasteiger partial charge < -0.3 is 5.32 Å². The van der Waals surface area contributed by atoms with E-state index in [1.807, 2.05) is 37.7 Å². The van der Waals surface area contributed by atoms with E-state index < -0.39 is 0 Å². The third-order valence-corrected chi connectivity index (χ3v) is 3.60. The molecule has 0 fully saturated rings. The van der Waals surface area contributed by atoms with Crippen molar-refractivity contribution in [3.63, 3.8) is 0 Å². The number of hydrogen-bond donors (Lipinski definition) is 1. The van der Waals surface area contributed by atoms with Crippen molar-refractivity contribution in [3.05, 3.63) is 35.3 Å². The molecule has 0 spiro atoms. The maximum atomic E-state index is 9.28. The highest BCUT2D eigenvalue weighted by Gasteiger charge is 2.18. The minimum absolute atomic E-state index is 0.0680. The molecule has 1 N–H and O–H groups in total. The van der Waals surface area contributed by atoms with Crippen LogP contribution in [0.4, 0.5) is 5.82 Å². The number of aryl methyl sites for hydroxylation is 1. The summed E-state index contributed by atoms with van der Waals surface area (Å²) in [5.74, 6) is 0.530. The van der Waals surface area contributed by atoms with Gasteiger partial charge in [-0.15, -0.1) is 5.10 Å². The van der Waals surface area contributed by atoms with Gasteiger partial charge in [0.25, 0.3) is 0 Å². The van der Waals surface area contributed by atoms with Crippen LogP contribution in [0.3, 0.4) is 0 Å². The summed E-state index contributed by atoms with van der Waals surface area (Å²) in [7, 11) is 0. The Morgan fingerprint density at radius 1 is 1.30 bits per heavy atom. The first-order valence-electron chi connectivity index (χ1n) is 6.54. The van der Waals surface area contributed by atoms with Crippen molar-refractivity contribution in [1.82, 2.24) is 20.0 Å². The van der Waals surface area contributed by atoms with E-state index in [0.717, 1.165) is 11.3 Å². The molecule has 0 aliphatic heterocycles. The fourth-order valence-corrected chi connectivity index (χ4v) is 1.93. The molecule has 0 unspecified atom stereocenters. The van der Waals surface area contributed by atoms with Crippen molar-refractivity contribution >= 4 is 5.82 Å². The number of rotatable bonds is 4. The van der Waals surface area contributed by atoms with Crippen LogP contribution < -0.4 is 5.32 Å². The van der Waals surface area contributed by atoms with Crippen molar-refractivity contribution in [2.75, 3.05) is 5.32 Å². The van der Waals surface area contributed by atoms with Crippen molar-refractivity contribution < 1.29 is 0 Å². The van der Waals surface area contributed by atoms with Gasteiger partial charge >= 0.3 is 0 Å². The zero-order valence-electron chi connectivity index (χ0n) is 12.1. The number of nitrogens with zero attached hydrogens (tertiary/aromatic N) is 5. The largest absolute Gasteiger partial charge is 0.363 e. The van der Waals surface area contributed by atoms with E-state index in [2.05, 4.69) is 33.6 Å². The smallest absolute Gasteiger partial charge is 0.167 e. The van der Waals surface area contributed by atoms with E-state index in [1.54, 1.807) is 6.20 Å². The first-order chi connectivity index (χ1) is 9.54. The number of aromatic nitrogens is 4. The van der Waals surface area contributed by atoms with E-state index in [9.17, 15) is 5.26 Å². The molecule has 2 aromatic rings. The van der Waals surface area contributed by atoms with Crippen LogP contribution >= 0.6 is 0 Å². The average Bonchev–Trinajstić information content (AvgIpc) is 2.96. The summed E-state index contributed by atoms with van der Waals surface area (Å²) in [6, 6.07) is 4.29. The highest BCUT2D eigenvalue weighted by Crippen LogP contribution is 2.20. The molecule has 0 amide bonds.